The maximum atomic E-state index is 13.9. The van der Waals surface area contributed by atoms with Gasteiger partial charge in [0, 0.05) is 29.3 Å². The molecule has 0 spiro atoms. The Hall–Kier alpha value is -2.66. The number of rotatable bonds is 4. The first-order valence-electron chi connectivity index (χ1n) is 7.68. The van der Waals surface area contributed by atoms with E-state index in [4.69, 9.17) is 16.1 Å². The van der Waals surface area contributed by atoms with Gasteiger partial charge in [-0.05, 0) is 19.1 Å². The molecule has 2 aromatic carbocycles. The van der Waals surface area contributed by atoms with Gasteiger partial charge in [0.1, 0.15) is 11.5 Å². The highest BCUT2D eigenvalue weighted by molar-refractivity contribution is 6.31. The van der Waals surface area contributed by atoms with Crippen LogP contribution in [-0.2, 0) is 6.54 Å². The van der Waals surface area contributed by atoms with Crippen molar-refractivity contribution in [3.63, 3.8) is 0 Å². The molecule has 4 nitrogen and oxygen atoms in total. The first-order valence-corrected chi connectivity index (χ1v) is 8.05. The molecule has 6 heteroatoms. The van der Waals surface area contributed by atoms with Gasteiger partial charge in [0.2, 0.25) is 5.76 Å². The zero-order valence-electron chi connectivity index (χ0n) is 13.8. The van der Waals surface area contributed by atoms with E-state index < -0.39 is 11.7 Å². The van der Waals surface area contributed by atoms with E-state index in [1.54, 1.807) is 19.2 Å². The van der Waals surface area contributed by atoms with Crippen molar-refractivity contribution in [3.05, 3.63) is 76.3 Å². The monoisotopic (exact) mass is 358 g/mol. The minimum Gasteiger partial charge on any atom is -0.350 e. The van der Waals surface area contributed by atoms with Gasteiger partial charge in [-0.3, -0.25) is 4.79 Å². The van der Waals surface area contributed by atoms with E-state index in [0.717, 1.165) is 11.1 Å². The second-order valence-corrected chi connectivity index (χ2v) is 6.21. The van der Waals surface area contributed by atoms with Crippen LogP contribution in [0.1, 0.15) is 21.7 Å². The van der Waals surface area contributed by atoms with E-state index >= 15 is 0 Å². The van der Waals surface area contributed by atoms with Gasteiger partial charge in [-0.1, -0.05) is 52.7 Å². The lowest BCUT2D eigenvalue weighted by atomic mass is 10.1. The number of aryl methyl sites for hydroxylation is 1. The van der Waals surface area contributed by atoms with Crippen LogP contribution < -0.4 is 0 Å². The van der Waals surface area contributed by atoms with E-state index in [1.165, 1.54) is 17.0 Å². The molecule has 0 saturated heterocycles. The van der Waals surface area contributed by atoms with Crippen molar-refractivity contribution in [1.82, 2.24) is 10.1 Å². The predicted molar refractivity (Wildman–Crippen MR) is 93.9 cm³/mol. The second-order valence-electron chi connectivity index (χ2n) is 5.80. The number of carbonyl (C=O) groups excluding carboxylic acids is 1. The lowest BCUT2D eigenvalue weighted by Gasteiger charge is -2.16. The molecule has 0 aliphatic carbocycles. The normalized spacial score (nSPS) is 10.7. The van der Waals surface area contributed by atoms with Crippen molar-refractivity contribution in [3.8, 4) is 11.3 Å². The van der Waals surface area contributed by atoms with Gasteiger partial charge in [-0.15, -0.1) is 0 Å². The summed E-state index contributed by atoms with van der Waals surface area (Å²) in [5.41, 5.74) is 2.82. The molecule has 128 valence electrons. The topological polar surface area (TPSA) is 46.3 Å². The van der Waals surface area contributed by atoms with E-state index in [1.807, 2.05) is 31.2 Å². The van der Waals surface area contributed by atoms with Crippen LogP contribution in [0.5, 0.6) is 0 Å². The molecule has 0 bridgehead atoms. The van der Waals surface area contributed by atoms with Crippen LogP contribution in [0.25, 0.3) is 11.3 Å². The van der Waals surface area contributed by atoms with Crippen LogP contribution in [0.3, 0.4) is 0 Å². The number of amides is 1. The van der Waals surface area contributed by atoms with E-state index in [-0.39, 0.29) is 22.9 Å². The summed E-state index contributed by atoms with van der Waals surface area (Å²) in [5.74, 6) is -0.763. The average Bonchev–Trinajstić information content (AvgIpc) is 3.08. The molecule has 25 heavy (non-hydrogen) atoms. The van der Waals surface area contributed by atoms with Crippen LogP contribution in [0.15, 0.2) is 53.1 Å². The van der Waals surface area contributed by atoms with Gasteiger partial charge in [0.15, 0.2) is 0 Å². The minimum atomic E-state index is -0.454. The molecular formula is C19H16ClFN2O2. The van der Waals surface area contributed by atoms with Gasteiger partial charge in [-0.2, -0.15) is 0 Å². The molecule has 1 amide bonds. The Bertz CT molecular complexity index is 886. The molecule has 0 atom stereocenters. The minimum absolute atomic E-state index is 0.0326. The highest BCUT2D eigenvalue weighted by Gasteiger charge is 2.20. The lowest BCUT2D eigenvalue weighted by Crippen LogP contribution is -2.26. The number of nitrogens with zero attached hydrogens (tertiary/aromatic N) is 2. The van der Waals surface area contributed by atoms with Crippen LogP contribution in [-0.4, -0.2) is 23.0 Å². The molecule has 0 N–H and O–H groups in total. The molecular weight excluding hydrogens is 343 g/mol. The molecule has 0 unspecified atom stereocenters. The Morgan fingerprint density at radius 2 is 1.96 bits per heavy atom. The molecule has 0 aliphatic rings. The first kappa shape index (κ1) is 17.2. The fourth-order valence-electron chi connectivity index (χ4n) is 2.42. The van der Waals surface area contributed by atoms with Gasteiger partial charge < -0.3 is 9.42 Å². The summed E-state index contributed by atoms with van der Waals surface area (Å²) in [7, 11) is 1.55. The van der Waals surface area contributed by atoms with Crippen LogP contribution in [0.4, 0.5) is 4.39 Å². The third kappa shape index (κ3) is 3.72. The van der Waals surface area contributed by atoms with Crippen molar-refractivity contribution in [2.45, 2.75) is 13.5 Å². The van der Waals surface area contributed by atoms with Crippen molar-refractivity contribution in [1.29, 1.82) is 0 Å². The van der Waals surface area contributed by atoms with Crippen molar-refractivity contribution in [2.24, 2.45) is 0 Å². The zero-order valence-corrected chi connectivity index (χ0v) is 14.5. The fraction of sp³-hybridized carbons (Fsp3) is 0.158. The summed E-state index contributed by atoms with van der Waals surface area (Å²) in [6, 6.07) is 13.7. The zero-order chi connectivity index (χ0) is 18.0. The van der Waals surface area contributed by atoms with Gasteiger partial charge in [0.25, 0.3) is 5.91 Å². The Morgan fingerprint density at radius 3 is 2.64 bits per heavy atom. The highest BCUT2D eigenvalue weighted by atomic mass is 35.5. The molecule has 0 radical (unpaired) electrons. The number of carbonyl (C=O) groups is 1. The van der Waals surface area contributed by atoms with Gasteiger partial charge in [-0.25, -0.2) is 4.39 Å². The van der Waals surface area contributed by atoms with Crippen LogP contribution in [0.2, 0.25) is 5.02 Å². The van der Waals surface area contributed by atoms with E-state index in [2.05, 4.69) is 5.16 Å². The maximum absolute atomic E-state index is 13.9. The number of hydrogen-bond donors (Lipinski definition) is 0. The smallest absolute Gasteiger partial charge is 0.292 e. The van der Waals surface area contributed by atoms with Crippen molar-refractivity contribution in [2.75, 3.05) is 7.05 Å². The molecule has 1 aromatic heterocycles. The molecule has 0 saturated carbocycles. The maximum Gasteiger partial charge on any atom is 0.292 e. The standard InChI is InChI=1S/C19H16ClFN2O2/c1-12-6-8-13(9-7-12)17-10-18(25-22-17)19(24)23(2)11-14-15(20)4-3-5-16(14)21/h3-10H,11H2,1-2H3. The molecule has 1 heterocycles. The molecule has 3 rings (SSSR count). The Morgan fingerprint density at radius 1 is 1.24 bits per heavy atom. The fourth-order valence-corrected chi connectivity index (χ4v) is 2.64. The van der Waals surface area contributed by atoms with Crippen molar-refractivity contribution < 1.29 is 13.7 Å². The third-order valence-corrected chi connectivity index (χ3v) is 4.23. The summed E-state index contributed by atoms with van der Waals surface area (Å²) in [4.78, 5) is 13.8. The summed E-state index contributed by atoms with van der Waals surface area (Å²) >= 11 is 6.01. The molecule has 0 fully saturated rings. The summed E-state index contributed by atoms with van der Waals surface area (Å²) in [6.07, 6.45) is 0. The van der Waals surface area contributed by atoms with Gasteiger partial charge in [0.05, 0.1) is 6.54 Å². The summed E-state index contributed by atoms with van der Waals surface area (Å²) in [6.45, 7) is 2.02. The van der Waals surface area contributed by atoms with Crippen molar-refractivity contribution >= 4 is 17.5 Å². The molecule has 3 aromatic rings. The predicted octanol–water partition coefficient (Wildman–Crippen LogP) is 4.71. The largest absolute Gasteiger partial charge is 0.350 e. The summed E-state index contributed by atoms with van der Waals surface area (Å²) < 4.78 is 19.0. The van der Waals surface area contributed by atoms with Crippen LogP contribution in [0, 0.1) is 12.7 Å². The molecule has 0 aliphatic heterocycles. The Kier molecular flexibility index (Phi) is 4.86. The third-order valence-electron chi connectivity index (χ3n) is 3.87. The summed E-state index contributed by atoms with van der Waals surface area (Å²) in [5, 5.41) is 4.21. The number of aromatic nitrogens is 1. The number of benzene rings is 2. The highest BCUT2D eigenvalue weighted by Crippen LogP contribution is 2.23. The van der Waals surface area contributed by atoms with E-state index in [9.17, 15) is 9.18 Å². The average molecular weight is 359 g/mol. The quantitative estimate of drug-likeness (QED) is 0.678. The SMILES string of the molecule is Cc1ccc(-c2cc(C(=O)N(C)Cc3c(F)cccc3Cl)on2)cc1. The first-order chi connectivity index (χ1) is 12.0. The lowest BCUT2D eigenvalue weighted by molar-refractivity contribution is 0.0742. The van der Waals surface area contributed by atoms with Crippen LogP contribution >= 0.6 is 11.6 Å². The number of halogens is 2. The number of hydrogen-bond acceptors (Lipinski definition) is 3. The van der Waals surface area contributed by atoms with Gasteiger partial charge >= 0.3 is 0 Å². The second kappa shape index (κ2) is 7.07. The Balaban J connectivity index is 1.78. The Labute approximate surface area is 149 Å². The van der Waals surface area contributed by atoms with E-state index in [0.29, 0.717) is 5.69 Å².